The summed E-state index contributed by atoms with van der Waals surface area (Å²) in [5.41, 5.74) is 6.05. The number of benzene rings is 1. The van der Waals surface area contributed by atoms with Crippen LogP contribution in [0.2, 0.25) is 0 Å². The molecule has 1 radical (unpaired) electrons. The number of rotatable bonds is 6. The van der Waals surface area contributed by atoms with Crippen LogP contribution in [0.3, 0.4) is 0 Å². The van der Waals surface area contributed by atoms with Crippen LogP contribution >= 0.6 is 11.3 Å². The van der Waals surface area contributed by atoms with Crippen molar-refractivity contribution < 1.29 is 28.7 Å². The zero-order chi connectivity index (χ0) is 32.6. The first kappa shape index (κ1) is 31.6. The van der Waals surface area contributed by atoms with Crippen molar-refractivity contribution in [2.24, 2.45) is 23.5 Å². The molecule has 0 spiro atoms. The quantitative estimate of drug-likeness (QED) is 0.372. The number of hydrogen-bond acceptors (Lipinski definition) is 10. The molecule has 6 rings (SSSR count). The van der Waals surface area contributed by atoms with Crippen molar-refractivity contribution in [1.82, 2.24) is 25.2 Å². The van der Waals surface area contributed by atoms with Crippen LogP contribution in [0.5, 0.6) is 11.6 Å². The maximum Gasteiger partial charge on any atom is 0.321 e. The lowest BCUT2D eigenvalue weighted by Gasteiger charge is -2.26. The minimum absolute atomic E-state index is 0.146. The van der Waals surface area contributed by atoms with Gasteiger partial charge in [0.1, 0.15) is 17.4 Å². The van der Waals surface area contributed by atoms with Gasteiger partial charge in [0.05, 0.1) is 35.5 Å². The fourth-order valence-corrected chi connectivity index (χ4v) is 7.21. The van der Waals surface area contributed by atoms with E-state index in [9.17, 15) is 19.2 Å². The van der Waals surface area contributed by atoms with Crippen molar-refractivity contribution >= 4 is 46.4 Å². The van der Waals surface area contributed by atoms with Crippen LogP contribution in [0.4, 0.5) is 4.79 Å². The number of hydrogen-bond donors (Lipinski definition) is 2. The van der Waals surface area contributed by atoms with Gasteiger partial charge in [-0.25, -0.2) is 14.8 Å². The van der Waals surface area contributed by atoms with Gasteiger partial charge in [0, 0.05) is 23.9 Å². The normalized spacial score (nSPS) is 27.3. The maximum atomic E-state index is 13.9. The van der Waals surface area contributed by atoms with Crippen LogP contribution < -0.4 is 20.5 Å². The molecule has 3 aliphatic rings. The van der Waals surface area contributed by atoms with E-state index in [4.69, 9.17) is 30.2 Å². The summed E-state index contributed by atoms with van der Waals surface area (Å²) in [4.78, 5) is 67.3. The van der Waals surface area contributed by atoms with E-state index in [2.05, 4.69) is 19.2 Å². The monoisotopic (exact) mass is 645 g/mol. The molecule has 2 aliphatic carbocycles. The number of nitrogens with two attached hydrogens (primary N) is 1. The molecule has 5 unspecified atom stereocenters. The third-order valence-electron chi connectivity index (χ3n) is 9.07. The number of carbonyl (C=O) groups is 3. The zero-order valence-corrected chi connectivity index (χ0v) is 26.8. The Morgan fingerprint density at radius 1 is 1.17 bits per heavy atom. The third kappa shape index (κ3) is 6.20. The van der Waals surface area contributed by atoms with Gasteiger partial charge in [-0.05, 0) is 56.6 Å². The SMILES string of the molecule is COc1ccc2c(OC3CC4C(=O)NC5([C]=O)CC5/C=C/CCCCN(C(N)=O)C(=O)C4C3)nc(-c3nc(C(C)C)cs3)nc2c1. The molecular formula is C33H37N6O6S. The highest BCUT2D eigenvalue weighted by Gasteiger charge is 2.57. The van der Waals surface area contributed by atoms with Crippen molar-refractivity contribution in [3.05, 3.63) is 41.4 Å². The summed E-state index contributed by atoms with van der Waals surface area (Å²) >= 11 is 1.44. The first-order chi connectivity index (χ1) is 22.1. The highest BCUT2D eigenvalue weighted by Crippen LogP contribution is 2.45. The maximum absolute atomic E-state index is 13.9. The van der Waals surface area contributed by atoms with Crippen LogP contribution in [0, 0.1) is 17.8 Å². The number of aromatic nitrogens is 3. The Labute approximate surface area is 270 Å². The van der Waals surface area contributed by atoms with E-state index < -0.39 is 41.3 Å². The molecule has 1 aromatic carbocycles. The number of nitrogens with zero attached hydrogens (tertiary/aromatic N) is 4. The van der Waals surface area contributed by atoms with Crippen molar-refractivity contribution in [2.45, 2.75) is 69.9 Å². The Bertz CT molecular complexity index is 1710. The van der Waals surface area contributed by atoms with E-state index in [0.29, 0.717) is 46.7 Å². The summed E-state index contributed by atoms with van der Waals surface area (Å²) in [5.74, 6) is -1.37. The summed E-state index contributed by atoms with van der Waals surface area (Å²) in [6.45, 7) is 4.28. The third-order valence-corrected chi connectivity index (χ3v) is 9.93. The second kappa shape index (κ2) is 12.8. The predicted octanol–water partition coefficient (Wildman–Crippen LogP) is 4.29. The first-order valence-electron chi connectivity index (χ1n) is 15.6. The Kier molecular flexibility index (Phi) is 8.78. The molecule has 3 aromatic rings. The topological polar surface area (TPSA) is 167 Å². The summed E-state index contributed by atoms with van der Waals surface area (Å²) in [6.07, 6.45) is 8.08. The van der Waals surface area contributed by atoms with Gasteiger partial charge in [-0.15, -0.1) is 11.3 Å². The average Bonchev–Trinajstić information content (AvgIpc) is 3.35. The van der Waals surface area contributed by atoms with Gasteiger partial charge in [0.25, 0.3) is 0 Å². The molecule has 3 N–H and O–H groups in total. The van der Waals surface area contributed by atoms with E-state index in [1.165, 1.54) is 11.3 Å². The first-order valence-corrected chi connectivity index (χ1v) is 16.5. The number of amides is 4. The van der Waals surface area contributed by atoms with Gasteiger partial charge < -0.3 is 20.5 Å². The average molecular weight is 646 g/mol. The smallest absolute Gasteiger partial charge is 0.321 e. The van der Waals surface area contributed by atoms with Gasteiger partial charge in [-0.2, -0.15) is 4.98 Å². The van der Waals surface area contributed by atoms with Crippen LogP contribution in [-0.4, -0.2) is 69.3 Å². The van der Waals surface area contributed by atoms with E-state index in [1.807, 2.05) is 23.8 Å². The van der Waals surface area contributed by atoms with Gasteiger partial charge in [0.15, 0.2) is 10.8 Å². The lowest BCUT2D eigenvalue weighted by atomic mass is 9.93. The molecule has 46 heavy (non-hydrogen) atoms. The standard InChI is InChI=1S/C33H37N6O6S/c1-18(2)26-16-46-30(36-26)27-35-25-14-20(44-3)9-10-22(25)29(37-27)45-21-12-23-24(13-21)31(42)39(32(34)43)11-7-5-4-6-8-19-15-33(19,17-40)38-28(23)41/h6,8-10,14,16,18-19,21,23-24H,4-5,7,11-13,15H2,1-3H3,(H2,34,43)(H,38,41)/b8-6+. The van der Waals surface area contributed by atoms with Crippen molar-refractivity contribution in [1.29, 1.82) is 0 Å². The fraction of sp³-hybridized carbons (Fsp3) is 0.485. The molecule has 0 saturated heterocycles. The highest BCUT2D eigenvalue weighted by molar-refractivity contribution is 7.13. The predicted molar refractivity (Wildman–Crippen MR) is 171 cm³/mol. The summed E-state index contributed by atoms with van der Waals surface area (Å²) in [6, 6.07) is 4.51. The fourth-order valence-electron chi connectivity index (χ4n) is 6.30. The molecule has 13 heteroatoms. The number of allylic oxidation sites excluding steroid dienone is 1. The van der Waals surface area contributed by atoms with Crippen LogP contribution in [0.15, 0.2) is 35.7 Å². The number of nitrogens with one attached hydrogen (secondary N) is 1. The molecule has 0 bridgehead atoms. The van der Waals surface area contributed by atoms with Crippen LogP contribution in [0.25, 0.3) is 21.7 Å². The Balaban J connectivity index is 1.34. The minimum atomic E-state index is -1.12. The summed E-state index contributed by atoms with van der Waals surface area (Å²) in [5, 5.41) is 6.11. The molecule has 4 amide bonds. The second-order valence-corrected chi connectivity index (χ2v) is 13.4. The zero-order valence-electron chi connectivity index (χ0n) is 26.0. The van der Waals surface area contributed by atoms with E-state index >= 15 is 0 Å². The molecule has 12 nitrogen and oxygen atoms in total. The van der Waals surface area contributed by atoms with Gasteiger partial charge >= 0.3 is 6.03 Å². The number of imide groups is 1. The number of ether oxygens (including phenoxy) is 2. The van der Waals surface area contributed by atoms with Crippen molar-refractivity contribution in [3.63, 3.8) is 0 Å². The number of thiazole rings is 1. The Hall–Kier alpha value is -4.39. The van der Waals surface area contributed by atoms with E-state index in [1.54, 1.807) is 25.3 Å². The minimum Gasteiger partial charge on any atom is -0.497 e. The Morgan fingerprint density at radius 2 is 1.98 bits per heavy atom. The van der Waals surface area contributed by atoms with Gasteiger partial charge in [-0.1, -0.05) is 26.0 Å². The summed E-state index contributed by atoms with van der Waals surface area (Å²) < 4.78 is 11.9. The highest BCUT2D eigenvalue weighted by atomic mass is 32.1. The number of methoxy groups -OCH3 is 1. The second-order valence-electron chi connectivity index (χ2n) is 12.5. The van der Waals surface area contributed by atoms with E-state index in [-0.39, 0.29) is 37.1 Å². The Morgan fingerprint density at radius 3 is 2.70 bits per heavy atom. The van der Waals surface area contributed by atoms with Crippen LogP contribution in [-0.2, 0) is 14.4 Å². The van der Waals surface area contributed by atoms with Crippen molar-refractivity contribution in [2.75, 3.05) is 13.7 Å². The molecule has 2 saturated carbocycles. The number of fused-ring (bicyclic) bond motifs is 3. The van der Waals surface area contributed by atoms with Crippen LogP contribution in [0.1, 0.15) is 64.0 Å². The summed E-state index contributed by atoms with van der Waals surface area (Å²) in [7, 11) is 1.57. The molecule has 3 heterocycles. The van der Waals surface area contributed by atoms with E-state index in [0.717, 1.165) is 17.0 Å². The lowest BCUT2D eigenvalue weighted by molar-refractivity contribution is -0.138. The molecule has 2 fully saturated rings. The molecule has 1 aliphatic heterocycles. The number of carbonyl (C=O) groups excluding carboxylic acids is 4. The molecule has 2 aromatic heterocycles. The molecule has 241 valence electrons. The number of urea groups is 1. The van der Waals surface area contributed by atoms with Gasteiger partial charge in [-0.3, -0.25) is 19.3 Å². The largest absolute Gasteiger partial charge is 0.497 e. The van der Waals surface area contributed by atoms with Crippen molar-refractivity contribution in [3.8, 4) is 22.5 Å². The lowest BCUT2D eigenvalue weighted by Crippen LogP contribution is -2.49. The number of primary amides is 1. The molecule has 5 atom stereocenters. The van der Waals surface area contributed by atoms with Gasteiger partial charge in [0.2, 0.25) is 24.0 Å². The molecular weight excluding hydrogens is 608 g/mol.